The van der Waals surface area contributed by atoms with Crippen molar-refractivity contribution < 1.29 is 0 Å². The smallest absolute Gasteiger partial charge is 0.227 e. The monoisotopic (exact) mass is 232 g/mol. The maximum absolute atomic E-state index is 4.72. The lowest BCUT2D eigenvalue weighted by Gasteiger charge is -2.27. The van der Waals surface area contributed by atoms with Gasteiger partial charge in [-0.05, 0) is 38.2 Å². The van der Waals surface area contributed by atoms with Crippen LogP contribution in [0.25, 0.3) is 0 Å². The minimum absolute atomic E-state index is 0.925. The molecule has 0 atom stereocenters. The van der Waals surface area contributed by atoms with Gasteiger partial charge in [0.25, 0.3) is 0 Å². The maximum Gasteiger partial charge on any atom is 0.227 e. The summed E-state index contributed by atoms with van der Waals surface area (Å²) < 4.78 is 0. The molecular formula is C13H20N4. The number of aromatic nitrogens is 2. The SMILES string of the molecule is c1cc(N2CCCC2)nc(N2CCCCC2)n1. The average molecular weight is 232 g/mol. The molecule has 0 N–H and O–H groups in total. The summed E-state index contributed by atoms with van der Waals surface area (Å²) in [7, 11) is 0. The van der Waals surface area contributed by atoms with Crippen LogP contribution in [0.2, 0.25) is 0 Å². The Hall–Kier alpha value is -1.32. The fraction of sp³-hybridized carbons (Fsp3) is 0.692. The lowest BCUT2D eigenvalue weighted by Crippen LogP contribution is -2.31. The zero-order chi connectivity index (χ0) is 11.5. The van der Waals surface area contributed by atoms with Crippen molar-refractivity contribution >= 4 is 11.8 Å². The van der Waals surface area contributed by atoms with Crippen LogP contribution in [0.4, 0.5) is 11.8 Å². The van der Waals surface area contributed by atoms with E-state index in [9.17, 15) is 0 Å². The minimum atomic E-state index is 0.925. The van der Waals surface area contributed by atoms with Crippen molar-refractivity contribution in [2.75, 3.05) is 36.0 Å². The largest absolute Gasteiger partial charge is 0.356 e. The summed E-state index contributed by atoms with van der Waals surface area (Å²) in [6.45, 7) is 4.53. The Kier molecular flexibility index (Phi) is 3.12. The number of rotatable bonds is 2. The van der Waals surface area contributed by atoms with Gasteiger partial charge < -0.3 is 9.80 Å². The Bertz CT molecular complexity index is 367. The Morgan fingerprint density at radius 2 is 1.47 bits per heavy atom. The average Bonchev–Trinajstić information content (AvgIpc) is 2.94. The molecule has 3 rings (SSSR count). The molecule has 0 amide bonds. The summed E-state index contributed by atoms with van der Waals surface area (Å²) in [5, 5.41) is 0. The molecule has 1 aromatic rings. The second-order valence-electron chi connectivity index (χ2n) is 4.96. The van der Waals surface area contributed by atoms with Crippen LogP contribution < -0.4 is 9.80 Å². The van der Waals surface area contributed by atoms with Gasteiger partial charge in [-0.3, -0.25) is 0 Å². The van der Waals surface area contributed by atoms with Crippen molar-refractivity contribution in [2.24, 2.45) is 0 Å². The van der Waals surface area contributed by atoms with Crippen LogP contribution >= 0.6 is 0 Å². The first kappa shape index (κ1) is 10.8. The first-order valence-electron chi connectivity index (χ1n) is 6.76. The molecule has 0 aromatic carbocycles. The van der Waals surface area contributed by atoms with Gasteiger partial charge in [0.15, 0.2) is 0 Å². The molecule has 2 aliphatic rings. The number of piperidine rings is 1. The van der Waals surface area contributed by atoms with E-state index in [1.165, 1.54) is 32.1 Å². The van der Waals surface area contributed by atoms with Crippen LogP contribution in [0.15, 0.2) is 12.3 Å². The zero-order valence-electron chi connectivity index (χ0n) is 10.3. The number of hydrogen-bond donors (Lipinski definition) is 0. The van der Waals surface area contributed by atoms with Crippen LogP contribution in [-0.2, 0) is 0 Å². The highest BCUT2D eigenvalue weighted by Crippen LogP contribution is 2.21. The lowest BCUT2D eigenvalue weighted by atomic mass is 10.1. The molecule has 4 nitrogen and oxygen atoms in total. The van der Waals surface area contributed by atoms with E-state index in [1.807, 2.05) is 12.3 Å². The normalized spacial score (nSPS) is 20.9. The van der Waals surface area contributed by atoms with Gasteiger partial charge in [0, 0.05) is 32.4 Å². The van der Waals surface area contributed by atoms with E-state index in [0.717, 1.165) is 37.9 Å². The molecule has 2 fully saturated rings. The molecule has 0 saturated carbocycles. The summed E-state index contributed by atoms with van der Waals surface area (Å²) in [5.41, 5.74) is 0. The van der Waals surface area contributed by atoms with Crippen molar-refractivity contribution in [3.63, 3.8) is 0 Å². The Morgan fingerprint density at radius 1 is 0.824 bits per heavy atom. The van der Waals surface area contributed by atoms with Gasteiger partial charge in [0.05, 0.1) is 0 Å². The molecule has 17 heavy (non-hydrogen) atoms. The van der Waals surface area contributed by atoms with Crippen molar-refractivity contribution in [1.29, 1.82) is 0 Å². The van der Waals surface area contributed by atoms with Gasteiger partial charge in [0.1, 0.15) is 5.82 Å². The maximum atomic E-state index is 4.72. The number of nitrogens with zero attached hydrogens (tertiary/aromatic N) is 4. The molecule has 2 aliphatic heterocycles. The summed E-state index contributed by atoms with van der Waals surface area (Å²) in [6, 6.07) is 2.04. The van der Waals surface area contributed by atoms with Gasteiger partial charge >= 0.3 is 0 Å². The highest BCUT2D eigenvalue weighted by atomic mass is 15.3. The molecule has 0 unspecified atom stereocenters. The van der Waals surface area contributed by atoms with Gasteiger partial charge in [-0.1, -0.05) is 0 Å². The summed E-state index contributed by atoms with van der Waals surface area (Å²) >= 11 is 0. The highest BCUT2D eigenvalue weighted by Gasteiger charge is 2.17. The Balaban J connectivity index is 1.77. The van der Waals surface area contributed by atoms with E-state index < -0.39 is 0 Å². The molecule has 0 spiro atoms. The van der Waals surface area contributed by atoms with E-state index >= 15 is 0 Å². The third-order valence-electron chi connectivity index (χ3n) is 3.70. The molecule has 0 aliphatic carbocycles. The molecular weight excluding hydrogens is 212 g/mol. The zero-order valence-corrected chi connectivity index (χ0v) is 10.3. The molecule has 4 heteroatoms. The molecule has 0 bridgehead atoms. The van der Waals surface area contributed by atoms with Crippen molar-refractivity contribution in [3.05, 3.63) is 12.3 Å². The third-order valence-corrected chi connectivity index (χ3v) is 3.70. The van der Waals surface area contributed by atoms with Gasteiger partial charge in [-0.2, -0.15) is 4.98 Å². The topological polar surface area (TPSA) is 32.3 Å². The fourth-order valence-electron chi connectivity index (χ4n) is 2.71. The number of hydrogen-bond acceptors (Lipinski definition) is 4. The summed E-state index contributed by atoms with van der Waals surface area (Å²) in [5.74, 6) is 2.03. The van der Waals surface area contributed by atoms with Crippen LogP contribution in [0.5, 0.6) is 0 Å². The second kappa shape index (κ2) is 4.90. The van der Waals surface area contributed by atoms with E-state index in [-0.39, 0.29) is 0 Å². The molecule has 1 aromatic heterocycles. The molecule has 3 heterocycles. The van der Waals surface area contributed by atoms with Crippen molar-refractivity contribution in [2.45, 2.75) is 32.1 Å². The first-order valence-corrected chi connectivity index (χ1v) is 6.76. The number of anilines is 2. The Morgan fingerprint density at radius 3 is 2.24 bits per heavy atom. The molecule has 92 valence electrons. The Labute approximate surface area is 103 Å². The first-order chi connectivity index (χ1) is 8.43. The highest BCUT2D eigenvalue weighted by molar-refractivity contribution is 5.44. The quantitative estimate of drug-likeness (QED) is 0.781. The molecule has 0 radical (unpaired) electrons. The summed E-state index contributed by atoms with van der Waals surface area (Å²) in [6.07, 6.45) is 8.40. The van der Waals surface area contributed by atoms with Gasteiger partial charge in [0.2, 0.25) is 5.95 Å². The predicted octanol–water partition coefficient (Wildman–Crippen LogP) is 2.07. The van der Waals surface area contributed by atoms with Crippen LogP contribution in [0.3, 0.4) is 0 Å². The summed E-state index contributed by atoms with van der Waals surface area (Å²) in [4.78, 5) is 13.8. The van der Waals surface area contributed by atoms with E-state index in [4.69, 9.17) is 4.98 Å². The van der Waals surface area contributed by atoms with Gasteiger partial charge in [-0.25, -0.2) is 4.98 Å². The van der Waals surface area contributed by atoms with Crippen molar-refractivity contribution in [3.8, 4) is 0 Å². The van der Waals surface area contributed by atoms with Gasteiger partial charge in [-0.15, -0.1) is 0 Å². The van der Waals surface area contributed by atoms with Crippen molar-refractivity contribution in [1.82, 2.24) is 9.97 Å². The second-order valence-corrected chi connectivity index (χ2v) is 4.96. The minimum Gasteiger partial charge on any atom is -0.356 e. The standard InChI is InChI=1S/C13H20N4/c1-2-10-17(11-3-1)13-14-7-6-12(15-13)16-8-4-5-9-16/h6-7H,1-5,8-11H2. The fourth-order valence-corrected chi connectivity index (χ4v) is 2.71. The van der Waals surface area contributed by atoms with Crippen LogP contribution in [0, 0.1) is 0 Å². The third kappa shape index (κ3) is 2.35. The van der Waals surface area contributed by atoms with E-state index in [0.29, 0.717) is 0 Å². The van der Waals surface area contributed by atoms with Crippen LogP contribution in [-0.4, -0.2) is 36.1 Å². The lowest BCUT2D eigenvalue weighted by molar-refractivity contribution is 0.568. The predicted molar refractivity (Wildman–Crippen MR) is 69.5 cm³/mol. The van der Waals surface area contributed by atoms with E-state index in [2.05, 4.69) is 14.8 Å². The van der Waals surface area contributed by atoms with E-state index in [1.54, 1.807) is 0 Å². The van der Waals surface area contributed by atoms with Crippen LogP contribution in [0.1, 0.15) is 32.1 Å². The molecule has 2 saturated heterocycles.